The van der Waals surface area contributed by atoms with Crippen LogP contribution in [-0.2, 0) is 9.53 Å². The molecule has 0 atom stereocenters. The average Bonchev–Trinajstić information content (AvgIpc) is 2.42. The quantitative estimate of drug-likeness (QED) is 0.882. The highest BCUT2D eigenvalue weighted by atomic mass is 16.5. The van der Waals surface area contributed by atoms with E-state index in [4.69, 9.17) is 4.74 Å². The predicted octanol–water partition coefficient (Wildman–Crippen LogP) is 1.98. The number of piperidine rings is 1. The molecule has 104 valence electrons. The van der Waals surface area contributed by atoms with Crippen molar-refractivity contribution in [3.63, 3.8) is 0 Å². The third kappa shape index (κ3) is 4.65. The second-order valence-corrected chi connectivity index (χ2v) is 5.09. The van der Waals surface area contributed by atoms with Crippen LogP contribution in [0.1, 0.15) is 12.8 Å². The maximum absolute atomic E-state index is 11.9. The summed E-state index contributed by atoms with van der Waals surface area (Å²) in [6, 6.07) is 9.60. The topological polar surface area (TPSA) is 41.6 Å². The molecule has 0 aromatic heterocycles. The molecule has 19 heavy (non-hydrogen) atoms. The van der Waals surface area contributed by atoms with E-state index in [1.165, 1.54) is 0 Å². The Labute approximate surface area is 114 Å². The monoisotopic (exact) mass is 262 g/mol. The zero-order chi connectivity index (χ0) is 13.5. The lowest BCUT2D eigenvalue weighted by molar-refractivity contribution is -0.117. The number of likely N-dealkylation sites (tertiary alicyclic amines) is 1. The van der Waals surface area contributed by atoms with Crippen molar-refractivity contribution in [3.05, 3.63) is 30.3 Å². The number of hydrogen-bond donors (Lipinski definition) is 1. The van der Waals surface area contributed by atoms with Gasteiger partial charge in [0.2, 0.25) is 5.91 Å². The van der Waals surface area contributed by atoms with Crippen molar-refractivity contribution in [2.75, 3.05) is 38.7 Å². The predicted molar refractivity (Wildman–Crippen MR) is 76.1 cm³/mol. The molecule has 1 amide bonds. The van der Waals surface area contributed by atoms with Crippen LogP contribution >= 0.6 is 0 Å². The summed E-state index contributed by atoms with van der Waals surface area (Å²) in [6.07, 6.45) is 2.24. The smallest absolute Gasteiger partial charge is 0.238 e. The van der Waals surface area contributed by atoms with Crippen LogP contribution in [0.4, 0.5) is 5.69 Å². The molecule has 1 aromatic carbocycles. The van der Waals surface area contributed by atoms with E-state index in [-0.39, 0.29) is 5.91 Å². The Morgan fingerprint density at radius 3 is 2.63 bits per heavy atom. The zero-order valence-electron chi connectivity index (χ0n) is 11.5. The van der Waals surface area contributed by atoms with Crippen molar-refractivity contribution < 1.29 is 9.53 Å². The Morgan fingerprint density at radius 2 is 2.00 bits per heavy atom. The molecule has 2 rings (SSSR count). The number of benzene rings is 1. The SMILES string of the molecule is COCC1CCN(CC(=O)Nc2ccccc2)CC1. The highest BCUT2D eigenvalue weighted by Crippen LogP contribution is 2.17. The molecule has 0 unspecified atom stereocenters. The van der Waals surface area contributed by atoms with Crippen LogP contribution in [-0.4, -0.2) is 44.2 Å². The fraction of sp³-hybridized carbons (Fsp3) is 0.533. The molecule has 1 N–H and O–H groups in total. The standard InChI is InChI=1S/C15H22N2O2/c1-19-12-13-7-9-17(10-8-13)11-15(18)16-14-5-3-2-4-6-14/h2-6,13H,7-12H2,1H3,(H,16,18). The van der Waals surface area contributed by atoms with Gasteiger partial charge in [-0.15, -0.1) is 0 Å². The van der Waals surface area contributed by atoms with Crippen LogP contribution in [0, 0.1) is 5.92 Å². The third-order valence-electron chi connectivity index (χ3n) is 3.53. The molecule has 1 heterocycles. The number of para-hydroxylation sites is 1. The van der Waals surface area contributed by atoms with Crippen molar-refractivity contribution in [1.82, 2.24) is 4.90 Å². The van der Waals surface area contributed by atoms with Crippen LogP contribution in [0.2, 0.25) is 0 Å². The summed E-state index contributed by atoms with van der Waals surface area (Å²) in [4.78, 5) is 14.1. The molecule has 4 heteroatoms. The number of nitrogens with zero attached hydrogens (tertiary/aromatic N) is 1. The fourth-order valence-electron chi connectivity index (χ4n) is 2.47. The molecule has 1 aliphatic heterocycles. The molecular weight excluding hydrogens is 240 g/mol. The van der Waals surface area contributed by atoms with Crippen molar-refractivity contribution in [1.29, 1.82) is 0 Å². The minimum absolute atomic E-state index is 0.0661. The van der Waals surface area contributed by atoms with E-state index >= 15 is 0 Å². The van der Waals surface area contributed by atoms with Gasteiger partial charge in [0, 0.05) is 19.4 Å². The molecule has 0 bridgehead atoms. The summed E-state index contributed by atoms with van der Waals surface area (Å²) in [5.74, 6) is 0.717. The van der Waals surface area contributed by atoms with Gasteiger partial charge < -0.3 is 10.1 Å². The molecule has 0 saturated carbocycles. The third-order valence-corrected chi connectivity index (χ3v) is 3.53. The van der Waals surface area contributed by atoms with Crippen LogP contribution in [0.15, 0.2) is 30.3 Å². The number of carbonyl (C=O) groups is 1. The number of amides is 1. The molecular formula is C15H22N2O2. The highest BCUT2D eigenvalue weighted by molar-refractivity contribution is 5.92. The molecule has 4 nitrogen and oxygen atoms in total. The number of hydrogen-bond acceptors (Lipinski definition) is 3. The van der Waals surface area contributed by atoms with Crippen LogP contribution in [0.5, 0.6) is 0 Å². The largest absolute Gasteiger partial charge is 0.384 e. The Hall–Kier alpha value is -1.39. The molecule has 0 radical (unpaired) electrons. The first kappa shape index (κ1) is 14.0. The van der Waals surface area contributed by atoms with Gasteiger partial charge in [-0.25, -0.2) is 0 Å². The first-order valence-electron chi connectivity index (χ1n) is 6.84. The van der Waals surface area contributed by atoms with Gasteiger partial charge in [-0.2, -0.15) is 0 Å². The second kappa shape index (κ2) is 7.26. The highest BCUT2D eigenvalue weighted by Gasteiger charge is 2.20. The first-order chi connectivity index (χ1) is 9.28. The molecule has 0 spiro atoms. The van der Waals surface area contributed by atoms with Crippen molar-refractivity contribution in [2.24, 2.45) is 5.92 Å². The summed E-state index contributed by atoms with van der Waals surface area (Å²) < 4.78 is 5.18. The van der Waals surface area contributed by atoms with E-state index < -0.39 is 0 Å². The summed E-state index contributed by atoms with van der Waals surface area (Å²) in [6.45, 7) is 3.28. The molecule has 1 saturated heterocycles. The molecule has 0 aliphatic carbocycles. The Bertz CT molecular complexity index is 386. The zero-order valence-corrected chi connectivity index (χ0v) is 11.5. The van der Waals surface area contributed by atoms with Crippen LogP contribution < -0.4 is 5.32 Å². The number of methoxy groups -OCH3 is 1. The van der Waals surface area contributed by atoms with Gasteiger partial charge in [0.1, 0.15) is 0 Å². The number of nitrogens with one attached hydrogen (secondary N) is 1. The van der Waals surface area contributed by atoms with Crippen molar-refractivity contribution in [3.8, 4) is 0 Å². The van der Waals surface area contributed by atoms with Crippen molar-refractivity contribution in [2.45, 2.75) is 12.8 Å². The summed E-state index contributed by atoms with van der Waals surface area (Å²) >= 11 is 0. The van der Waals surface area contributed by atoms with Gasteiger partial charge in [-0.05, 0) is 44.0 Å². The average molecular weight is 262 g/mol. The summed E-state index contributed by atoms with van der Waals surface area (Å²) in [5.41, 5.74) is 0.863. The first-order valence-corrected chi connectivity index (χ1v) is 6.84. The van der Waals surface area contributed by atoms with Gasteiger partial charge in [-0.1, -0.05) is 18.2 Å². The van der Waals surface area contributed by atoms with Gasteiger partial charge in [-0.3, -0.25) is 9.69 Å². The molecule has 1 fully saturated rings. The summed E-state index contributed by atoms with van der Waals surface area (Å²) in [5, 5.41) is 2.92. The lowest BCUT2D eigenvalue weighted by Crippen LogP contribution is -2.40. The summed E-state index contributed by atoms with van der Waals surface area (Å²) in [7, 11) is 1.75. The number of carbonyl (C=O) groups excluding carboxylic acids is 1. The molecule has 1 aliphatic rings. The second-order valence-electron chi connectivity index (χ2n) is 5.09. The lowest BCUT2D eigenvalue weighted by Gasteiger charge is -2.30. The number of anilines is 1. The van der Waals surface area contributed by atoms with Gasteiger partial charge in [0.25, 0.3) is 0 Å². The van der Waals surface area contributed by atoms with E-state index in [1.807, 2.05) is 30.3 Å². The van der Waals surface area contributed by atoms with E-state index in [0.717, 1.165) is 38.2 Å². The van der Waals surface area contributed by atoms with E-state index in [1.54, 1.807) is 7.11 Å². The number of rotatable bonds is 5. The normalized spacial score (nSPS) is 17.3. The van der Waals surface area contributed by atoms with E-state index in [2.05, 4.69) is 10.2 Å². The van der Waals surface area contributed by atoms with Crippen molar-refractivity contribution >= 4 is 11.6 Å². The van der Waals surface area contributed by atoms with E-state index in [9.17, 15) is 4.79 Å². The van der Waals surface area contributed by atoms with Crippen LogP contribution in [0.25, 0.3) is 0 Å². The fourth-order valence-corrected chi connectivity index (χ4v) is 2.47. The van der Waals surface area contributed by atoms with Gasteiger partial charge >= 0.3 is 0 Å². The van der Waals surface area contributed by atoms with Gasteiger partial charge in [0.05, 0.1) is 6.54 Å². The molecule has 1 aromatic rings. The minimum atomic E-state index is 0.0661. The number of ether oxygens (including phenoxy) is 1. The Morgan fingerprint density at radius 1 is 1.32 bits per heavy atom. The minimum Gasteiger partial charge on any atom is -0.384 e. The van der Waals surface area contributed by atoms with E-state index in [0.29, 0.717) is 12.5 Å². The lowest BCUT2D eigenvalue weighted by atomic mass is 9.98. The Balaban J connectivity index is 1.72. The maximum atomic E-state index is 11.9. The van der Waals surface area contributed by atoms with Gasteiger partial charge in [0.15, 0.2) is 0 Å². The van der Waals surface area contributed by atoms with Crippen LogP contribution in [0.3, 0.4) is 0 Å². The maximum Gasteiger partial charge on any atom is 0.238 e. The Kier molecular flexibility index (Phi) is 5.36.